The lowest BCUT2D eigenvalue weighted by Gasteiger charge is -2.32. The van der Waals surface area contributed by atoms with Crippen LogP contribution >= 0.6 is 0 Å². The molecule has 3 aliphatic rings. The molecule has 120 valence electrons. The number of fused-ring (bicyclic) bond motifs is 2. The molecule has 0 aromatic heterocycles. The van der Waals surface area contributed by atoms with Crippen LogP contribution in [0, 0.1) is 11.8 Å². The minimum Gasteiger partial charge on any atom is -0.400 e. The second-order valence-electron chi connectivity index (χ2n) is 8.04. The monoisotopic (exact) mass is 300 g/mol. The Morgan fingerprint density at radius 1 is 1.18 bits per heavy atom. The first-order valence-corrected chi connectivity index (χ1v) is 8.70. The minimum atomic E-state index is -0.269. The lowest BCUT2D eigenvalue weighted by Crippen LogP contribution is -2.41. The lowest BCUT2D eigenvalue weighted by molar-refractivity contribution is 0.00578. The maximum absolute atomic E-state index is 6.18. The Hall–Kier alpha value is -0.795. The van der Waals surface area contributed by atoms with Crippen LogP contribution in [0.15, 0.2) is 35.3 Å². The van der Waals surface area contributed by atoms with Crippen molar-refractivity contribution in [1.82, 2.24) is 0 Å². The summed E-state index contributed by atoms with van der Waals surface area (Å²) in [5.41, 5.74) is 3.53. The molecule has 2 bridgehead atoms. The van der Waals surface area contributed by atoms with Crippen LogP contribution < -0.4 is 0 Å². The summed E-state index contributed by atoms with van der Waals surface area (Å²) in [5.74, 6) is 1.48. The molecule has 3 fully saturated rings. The van der Waals surface area contributed by atoms with Gasteiger partial charge in [0.1, 0.15) is 0 Å². The highest BCUT2D eigenvalue weighted by Crippen LogP contribution is 2.51. The van der Waals surface area contributed by atoms with Crippen molar-refractivity contribution in [3.8, 4) is 0 Å². The van der Waals surface area contributed by atoms with Gasteiger partial charge in [-0.1, -0.05) is 25.7 Å². The molecular formula is C19H29BO2. The average Bonchev–Trinajstić information content (AvgIpc) is 3.05. The Kier molecular flexibility index (Phi) is 3.93. The third kappa shape index (κ3) is 2.53. The van der Waals surface area contributed by atoms with Crippen molar-refractivity contribution >= 4 is 7.12 Å². The van der Waals surface area contributed by atoms with Gasteiger partial charge in [-0.15, -0.1) is 0 Å². The van der Waals surface area contributed by atoms with E-state index in [0.29, 0.717) is 0 Å². The van der Waals surface area contributed by atoms with E-state index in [9.17, 15) is 0 Å². The number of rotatable bonds is 3. The summed E-state index contributed by atoms with van der Waals surface area (Å²) < 4.78 is 12.4. The van der Waals surface area contributed by atoms with E-state index in [2.05, 4.69) is 53.3 Å². The standard InChI is InChI=1S/C19H29BO2/c1-7-16(20-21-18(3,4)19(5,6)22-20)10-11-17-13(2)14-8-9-15(17)12-14/h10-11,14-15H,2,7-9,12H2,1,3-6H3/b16-10+,17-11+. The molecule has 1 saturated heterocycles. The van der Waals surface area contributed by atoms with E-state index >= 15 is 0 Å². The van der Waals surface area contributed by atoms with Gasteiger partial charge in [0.05, 0.1) is 11.2 Å². The summed E-state index contributed by atoms with van der Waals surface area (Å²) in [4.78, 5) is 0. The second kappa shape index (κ2) is 5.38. The minimum absolute atomic E-state index is 0.223. The highest BCUT2D eigenvalue weighted by atomic mass is 16.7. The number of hydrogen-bond acceptors (Lipinski definition) is 2. The molecule has 2 atom stereocenters. The summed E-state index contributed by atoms with van der Waals surface area (Å²) in [6.45, 7) is 14.9. The van der Waals surface area contributed by atoms with Crippen molar-refractivity contribution in [2.45, 2.75) is 71.5 Å². The summed E-state index contributed by atoms with van der Waals surface area (Å²) in [6.07, 6.45) is 9.45. The van der Waals surface area contributed by atoms with E-state index in [4.69, 9.17) is 9.31 Å². The van der Waals surface area contributed by atoms with E-state index in [1.807, 2.05) is 0 Å². The van der Waals surface area contributed by atoms with Crippen molar-refractivity contribution in [2.75, 3.05) is 0 Å². The van der Waals surface area contributed by atoms with Crippen molar-refractivity contribution in [2.24, 2.45) is 11.8 Å². The molecule has 22 heavy (non-hydrogen) atoms. The summed E-state index contributed by atoms with van der Waals surface area (Å²) in [5, 5.41) is 0. The van der Waals surface area contributed by atoms with Crippen LogP contribution in [0.3, 0.4) is 0 Å². The van der Waals surface area contributed by atoms with Crippen molar-refractivity contribution in [3.63, 3.8) is 0 Å². The number of allylic oxidation sites excluding steroid dienone is 5. The van der Waals surface area contributed by atoms with Crippen LogP contribution in [0.2, 0.25) is 0 Å². The maximum Gasteiger partial charge on any atom is 0.490 e. The second-order valence-corrected chi connectivity index (χ2v) is 8.04. The Balaban J connectivity index is 1.79. The fourth-order valence-corrected chi connectivity index (χ4v) is 3.88. The predicted molar refractivity (Wildman–Crippen MR) is 92.5 cm³/mol. The van der Waals surface area contributed by atoms with Crippen molar-refractivity contribution < 1.29 is 9.31 Å². The summed E-state index contributed by atoms with van der Waals surface area (Å²) >= 11 is 0. The van der Waals surface area contributed by atoms with Gasteiger partial charge in [-0.2, -0.15) is 0 Å². The first-order chi connectivity index (χ1) is 10.2. The zero-order valence-corrected chi connectivity index (χ0v) is 14.7. The number of hydrogen-bond donors (Lipinski definition) is 0. The summed E-state index contributed by atoms with van der Waals surface area (Å²) in [6, 6.07) is 0. The third-order valence-electron chi connectivity index (χ3n) is 6.18. The van der Waals surface area contributed by atoms with Gasteiger partial charge in [0.15, 0.2) is 0 Å². The van der Waals surface area contributed by atoms with Gasteiger partial charge in [0, 0.05) is 0 Å². The largest absolute Gasteiger partial charge is 0.490 e. The van der Waals surface area contributed by atoms with E-state index < -0.39 is 0 Å². The molecule has 3 heteroatoms. The van der Waals surface area contributed by atoms with Crippen LogP contribution in [0.4, 0.5) is 0 Å². The topological polar surface area (TPSA) is 18.5 Å². The van der Waals surface area contributed by atoms with Gasteiger partial charge in [-0.05, 0) is 81.8 Å². The van der Waals surface area contributed by atoms with Crippen LogP contribution in [0.25, 0.3) is 0 Å². The van der Waals surface area contributed by atoms with Crippen LogP contribution in [-0.4, -0.2) is 18.3 Å². The van der Waals surface area contributed by atoms with Crippen molar-refractivity contribution in [3.05, 3.63) is 35.3 Å². The molecule has 2 unspecified atom stereocenters. The maximum atomic E-state index is 6.18. The van der Waals surface area contributed by atoms with Gasteiger partial charge in [-0.3, -0.25) is 0 Å². The van der Waals surface area contributed by atoms with E-state index in [1.165, 1.54) is 35.9 Å². The molecule has 0 N–H and O–H groups in total. The fraction of sp³-hybridized carbons (Fsp3) is 0.684. The van der Waals surface area contributed by atoms with Crippen LogP contribution in [-0.2, 0) is 9.31 Å². The Morgan fingerprint density at radius 2 is 1.77 bits per heavy atom. The molecule has 2 aliphatic carbocycles. The molecular weight excluding hydrogens is 271 g/mol. The van der Waals surface area contributed by atoms with Gasteiger partial charge in [0.2, 0.25) is 0 Å². The van der Waals surface area contributed by atoms with Gasteiger partial charge < -0.3 is 9.31 Å². The van der Waals surface area contributed by atoms with E-state index in [0.717, 1.165) is 18.3 Å². The molecule has 1 heterocycles. The highest BCUT2D eigenvalue weighted by Gasteiger charge is 2.52. The third-order valence-corrected chi connectivity index (χ3v) is 6.18. The molecule has 2 saturated carbocycles. The Morgan fingerprint density at radius 3 is 2.27 bits per heavy atom. The van der Waals surface area contributed by atoms with Crippen LogP contribution in [0.1, 0.15) is 60.3 Å². The first kappa shape index (κ1) is 16.1. The first-order valence-electron chi connectivity index (χ1n) is 8.70. The molecule has 0 aromatic rings. The molecule has 0 spiro atoms. The highest BCUT2D eigenvalue weighted by molar-refractivity contribution is 6.54. The Bertz CT molecular complexity index is 526. The molecule has 0 aromatic carbocycles. The van der Waals surface area contributed by atoms with E-state index in [1.54, 1.807) is 0 Å². The molecule has 0 radical (unpaired) electrons. The average molecular weight is 300 g/mol. The summed E-state index contributed by atoms with van der Waals surface area (Å²) in [7, 11) is -0.223. The van der Waals surface area contributed by atoms with Gasteiger partial charge in [0.25, 0.3) is 0 Å². The molecule has 0 amide bonds. The smallest absolute Gasteiger partial charge is 0.400 e. The quantitative estimate of drug-likeness (QED) is 0.692. The van der Waals surface area contributed by atoms with Gasteiger partial charge in [-0.25, -0.2) is 0 Å². The molecule has 3 rings (SSSR count). The Labute approximate surface area is 135 Å². The van der Waals surface area contributed by atoms with E-state index in [-0.39, 0.29) is 18.3 Å². The lowest BCUT2D eigenvalue weighted by atomic mass is 9.76. The molecule has 1 aliphatic heterocycles. The predicted octanol–water partition coefficient (Wildman–Crippen LogP) is 4.87. The zero-order valence-electron chi connectivity index (χ0n) is 14.7. The molecule has 2 nitrogen and oxygen atoms in total. The van der Waals surface area contributed by atoms with Gasteiger partial charge >= 0.3 is 7.12 Å². The van der Waals surface area contributed by atoms with Crippen LogP contribution in [0.5, 0.6) is 0 Å². The van der Waals surface area contributed by atoms with Crippen molar-refractivity contribution in [1.29, 1.82) is 0 Å². The SMILES string of the molecule is C=C1/C(=C\C=C(/CC)B2OC(C)(C)C(C)(C)O2)C2CCC1C2. The fourth-order valence-electron chi connectivity index (χ4n) is 3.88. The zero-order chi connectivity index (χ0) is 16.1. The normalized spacial score (nSPS) is 35.0.